The molecule has 1 rings (SSSR count). The van der Waals surface area contributed by atoms with E-state index in [1.165, 1.54) is 6.20 Å². The van der Waals surface area contributed by atoms with Crippen molar-refractivity contribution in [3.63, 3.8) is 0 Å². The molecule has 1 heterocycles. The Morgan fingerprint density at radius 3 is 2.80 bits per heavy atom. The number of pyridine rings is 1. The van der Waals surface area contributed by atoms with Crippen LogP contribution in [0.15, 0.2) is 18.3 Å². The fourth-order valence-electron chi connectivity index (χ4n) is 0.576. The molecule has 1 aromatic rings. The maximum absolute atomic E-state index is 8.39. The minimum atomic E-state index is 0.506. The zero-order valence-electron chi connectivity index (χ0n) is 5.24. The van der Waals surface area contributed by atoms with E-state index in [1.807, 2.05) is 6.07 Å². The average Bonchev–Trinajstić information content (AvgIpc) is 2.05. The molecule has 1 aromatic heterocycles. The summed E-state index contributed by atoms with van der Waals surface area (Å²) in [5.74, 6) is 0.506. The molecule has 2 nitrogen and oxygen atoms in total. The lowest BCUT2D eigenvalue weighted by atomic mass is 10.3. The van der Waals surface area contributed by atoms with Crippen LogP contribution in [-0.2, 0) is 5.75 Å². The van der Waals surface area contributed by atoms with Gasteiger partial charge >= 0.3 is 0 Å². The van der Waals surface area contributed by atoms with E-state index >= 15 is 0 Å². The Morgan fingerprint density at radius 2 is 2.40 bits per heavy atom. The molecule has 0 aliphatic rings. The van der Waals surface area contributed by atoms with Gasteiger partial charge in [-0.05, 0) is 12.1 Å². The van der Waals surface area contributed by atoms with Gasteiger partial charge in [-0.1, -0.05) is 12.6 Å². The molecular formula is C7H5N2S. The molecule has 10 heavy (non-hydrogen) atoms. The standard InChI is InChI=1S/C7H5N2S/c8-3-6-1-2-7(5-10)9-4-6/h1-2,4H,5H2. The topological polar surface area (TPSA) is 36.7 Å². The third kappa shape index (κ3) is 1.49. The molecule has 0 aliphatic carbocycles. The highest BCUT2D eigenvalue weighted by molar-refractivity contribution is 7.79. The Labute approximate surface area is 64.9 Å². The SMILES string of the molecule is N#Cc1ccc(C[S])nc1. The third-order valence-corrected chi connectivity index (χ3v) is 1.40. The predicted molar refractivity (Wildman–Crippen MR) is 40.2 cm³/mol. The average molecular weight is 149 g/mol. The van der Waals surface area contributed by atoms with Crippen molar-refractivity contribution in [3.8, 4) is 6.07 Å². The lowest BCUT2D eigenvalue weighted by Gasteiger charge is -1.91. The van der Waals surface area contributed by atoms with Gasteiger partial charge < -0.3 is 0 Å². The van der Waals surface area contributed by atoms with Gasteiger partial charge in [0.05, 0.1) is 11.3 Å². The molecule has 3 heteroatoms. The summed E-state index contributed by atoms with van der Waals surface area (Å²) in [5.41, 5.74) is 1.42. The third-order valence-electron chi connectivity index (χ3n) is 1.10. The van der Waals surface area contributed by atoms with Crippen LogP contribution in [0.5, 0.6) is 0 Å². The lowest BCUT2D eigenvalue weighted by molar-refractivity contribution is 1.17. The highest BCUT2D eigenvalue weighted by Crippen LogP contribution is 2.00. The van der Waals surface area contributed by atoms with E-state index in [2.05, 4.69) is 4.98 Å². The summed E-state index contributed by atoms with van der Waals surface area (Å²) in [4.78, 5) is 3.94. The summed E-state index contributed by atoms with van der Waals surface area (Å²) in [5, 5.41) is 8.39. The van der Waals surface area contributed by atoms with Gasteiger partial charge in [-0.2, -0.15) is 5.26 Å². The highest BCUT2D eigenvalue weighted by Gasteiger charge is 1.90. The number of nitriles is 1. The van der Waals surface area contributed by atoms with Gasteiger partial charge in [0, 0.05) is 11.9 Å². The summed E-state index contributed by atoms with van der Waals surface area (Å²) in [7, 11) is 0. The molecule has 0 unspecified atom stereocenters. The minimum Gasteiger partial charge on any atom is -0.259 e. The molecule has 0 fully saturated rings. The first-order valence-electron chi connectivity index (χ1n) is 2.80. The Balaban J connectivity index is 2.93. The Bertz CT molecular complexity index is 247. The molecule has 0 spiro atoms. The number of nitrogens with zero attached hydrogens (tertiary/aromatic N) is 2. The van der Waals surface area contributed by atoms with Crippen LogP contribution < -0.4 is 0 Å². The minimum absolute atomic E-state index is 0.506. The van der Waals surface area contributed by atoms with E-state index in [0.29, 0.717) is 11.3 Å². The molecule has 49 valence electrons. The Hall–Kier alpha value is -1.01. The van der Waals surface area contributed by atoms with Crippen LogP contribution in [0.3, 0.4) is 0 Å². The van der Waals surface area contributed by atoms with E-state index in [1.54, 1.807) is 12.1 Å². The second-order valence-electron chi connectivity index (χ2n) is 1.79. The van der Waals surface area contributed by atoms with Crippen LogP contribution in [0.25, 0.3) is 0 Å². The monoisotopic (exact) mass is 149 g/mol. The van der Waals surface area contributed by atoms with Crippen LogP contribution in [-0.4, -0.2) is 4.98 Å². The number of hydrogen-bond donors (Lipinski definition) is 0. The normalized spacial score (nSPS) is 8.80. The largest absolute Gasteiger partial charge is 0.259 e. The molecule has 0 saturated carbocycles. The van der Waals surface area contributed by atoms with Crippen LogP contribution in [0.4, 0.5) is 0 Å². The predicted octanol–water partition coefficient (Wildman–Crippen LogP) is 1.65. The quantitative estimate of drug-likeness (QED) is 0.608. The Morgan fingerprint density at radius 1 is 1.60 bits per heavy atom. The summed E-state index contributed by atoms with van der Waals surface area (Å²) in [6.07, 6.45) is 1.53. The van der Waals surface area contributed by atoms with Gasteiger partial charge in [-0.3, -0.25) is 4.98 Å². The summed E-state index contributed by atoms with van der Waals surface area (Å²) < 4.78 is 0. The zero-order valence-corrected chi connectivity index (χ0v) is 6.06. The molecule has 0 bridgehead atoms. The van der Waals surface area contributed by atoms with Crippen LogP contribution in [0, 0.1) is 11.3 Å². The van der Waals surface area contributed by atoms with Crippen molar-refractivity contribution in [2.45, 2.75) is 5.75 Å². The van der Waals surface area contributed by atoms with E-state index < -0.39 is 0 Å². The van der Waals surface area contributed by atoms with Crippen LogP contribution in [0.1, 0.15) is 11.3 Å². The second-order valence-corrected chi connectivity index (χ2v) is 2.08. The first-order valence-corrected chi connectivity index (χ1v) is 3.37. The first-order chi connectivity index (χ1) is 4.86. The van der Waals surface area contributed by atoms with Crippen molar-refractivity contribution in [3.05, 3.63) is 29.6 Å². The molecule has 1 radical (unpaired) electrons. The smallest absolute Gasteiger partial charge is 0.101 e. The number of hydrogen-bond acceptors (Lipinski definition) is 2. The van der Waals surface area contributed by atoms with Gasteiger partial charge in [0.2, 0.25) is 0 Å². The molecule has 0 aliphatic heterocycles. The fourth-order valence-corrected chi connectivity index (χ4v) is 0.747. The summed E-state index contributed by atoms with van der Waals surface area (Å²) in [6, 6.07) is 5.47. The molecule has 0 aromatic carbocycles. The van der Waals surface area contributed by atoms with Gasteiger partial charge in [0.25, 0.3) is 0 Å². The van der Waals surface area contributed by atoms with Crippen molar-refractivity contribution < 1.29 is 0 Å². The van der Waals surface area contributed by atoms with Gasteiger partial charge in [-0.15, -0.1) is 0 Å². The maximum Gasteiger partial charge on any atom is 0.101 e. The van der Waals surface area contributed by atoms with Crippen molar-refractivity contribution >= 4 is 12.6 Å². The first kappa shape index (κ1) is 7.10. The van der Waals surface area contributed by atoms with E-state index in [9.17, 15) is 0 Å². The summed E-state index contributed by atoms with van der Waals surface area (Å²) >= 11 is 4.75. The van der Waals surface area contributed by atoms with Gasteiger partial charge in [0.15, 0.2) is 0 Å². The van der Waals surface area contributed by atoms with Crippen LogP contribution >= 0.6 is 12.6 Å². The van der Waals surface area contributed by atoms with E-state index in [0.717, 1.165) is 5.69 Å². The molecule has 0 N–H and O–H groups in total. The molecule has 0 atom stereocenters. The van der Waals surface area contributed by atoms with Crippen molar-refractivity contribution in [2.75, 3.05) is 0 Å². The fraction of sp³-hybridized carbons (Fsp3) is 0.143. The summed E-state index contributed by atoms with van der Waals surface area (Å²) in [6.45, 7) is 0. The van der Waals surface area contributed by atoms with Gasteiger partial charge in [-0.25, -0.2) is 0 Å². The maximum atomic E-state index is 8.39. The van der Waals surface area contributed by atoms with Crippen molar-refractivity contribution in [1.29, 1.82) is 5.26 Å². The van der Waals surface area contributed by atoms with Gasteiger partial charge in [0.1, 0.15) is 6.07 Å². The molecule has 0 saturated heterocycles. The lowest BCUT2D eigenvalue weighted by Crippen LogP contribution is -1.84. The number of aromatic nitrogens is 1. The van der Waals surface area contributed by atoms with Crippen molar-refractivity contribution in [1.82, 2.24) is 4.98 Å². The van der Waals surface area contributed by atoms with E-state index in [-0.39, 0.29) is 0 Å². The molecule has 0 amide bonds. The van der Waals surface area contributed by atoms with E-state index in [4.69, 9.17) is 17.9 Å². The zero-order chi connectivity index (χ0) is 7.40. The molecular weight excluding hydrogens is 144 g/mol. The van der Waals surface area contributed by atoms with Crippen LogP contribution in [0.2, 0.25) is 0 Å². The second kappa shape index (κ2) is 3.23. The van der Waals surface area contributed by atoms with Crippen molar-refractivity contribution in [2.24, 2.45) is 0 Å². The Kier molecular flexibility index (Phi) is 2.30. The number of rotatable bonds is 1. The highest BCUT2D eigenvalue weighted by atomic mass is 32.1.